The van der Waals surface area contributed by atoms with Crippen LogP contribution in [0.2, 0.25) is 0 Å². The minimum atomic E-state index is -0.614. The third-order valence-electron chi connectivity index (χ3n) is 3.83. The molecule has 2 rings (SSSR count). The molecule has 0 saturated carbocycles. The maximum Gasteiger partial charge on any atom is 0.314 e. The fourth-order valence-corrected chi connectivity index (χ4v) is 2.24. The van der Waals surface area contributed by atoms with Gasteiger partial charge in [0.1, 0.15) is 13.0 Å². The molecule has 2 aromatic rings. The summed E-state index contributed by atoms with van der Waals surface area (Å²) in [5, 5.41) is 10.7. The minimum Gasteiger partial charge on any atom is -0.460 e. The molecule has 0 N–H and O–H groups in total. The maximum absolute atomic E-state index is 11.8. The van der Waals surface area contributed by atoms with Crippen LogP contribution in [0.25, 0.3) is 6.08 Å². The highest BCUT2D eigenvalue weighted by atomic mass is 16.6. The van der Waals surface area contributed by atoms with Gasteiger partial charge in [0.2, 0.25) is 0 Å². The molecule has 6 nitrogen and oxygen atoms in total. The number of esters is 1. The van der Waals surface area contributed by atoms with Crippen molar-refractivity contribution < 1.29 is 19.2 Å². The van der Waals surface area contributed by atoms with Crippen molar-refractivity contribution in [3.8, 4) is 0 Å². The summed E-state index contributed by atoms with van der Waals surface area (Å²) in [6, 6.07) is 11.6. The Morgan fingerprint density at radius 2 is 1.88 bits per heavy atom. The number of allylic oxidation sites excluding steroid dienone is 1. The molecule has 134 valence electrons. The Balaban J connectivity index is 1.86. The van der Waals surface area contributed by atoms with E-state index in [1.807, 2.05) is 32.0 Å². The summed E-state index contributed by atoms with van der Waals surface area (Å²) in [6.07, 6.45) is 2.28. The monoisotopic (exact) mass is 353 g/mol. The van der Waals surface area contributed by atoms with Gasteiger partial charge in [-0.2, -0.15) is 0 Å². The van der Waals surface area contributed by atoms with Crippen LogP contribution < -0.4 is 0 Å². The summed E-state index contributed by atoms with van der Waals surface area (Å²) in [6.45, 7) is 4.09. The van der Waals surface area contributed by atoms with Crippen molar-refractivity contribution in [1.82, 2.24) is 0 Å². The highest BCUT2D eigenvalue weighted by Crippen LogP contribution is 2.14. The number of benzene rings is 2. The van der Waals surface area contributed by atoms with Crippen LogP contribution in [-0.4, -0.2) is 16.7 Å². The number of aryl methyl sites for hydroxylation is 2. The van der Waals surface area contributed by atoms with E-state index >= 15 is 0 Å². The first-order valence-corrected chi connectivity index (χ1v) is 8.02. The number of nitrogens with zero attached hydrogens (tertiary/aromatic N) is 1. The van der Waals surface area contributed by atoms with Crippen LogP contribution in [0.3, 0.4) is 0 Å². The number of ketones is 1. The first kappa shape index (κ1) is 19.1. The van der Waals surface area contributed by atoms with Crippen LogP contribution in [0.15, 0.2) is 48.5 Å². The SMILES string of the molecule is Cc1ccc(COC(=O)CC(=O)C=Cc2cccc([N+](=O)[O-])c2)cc1C. The largest absolute Gasteiger partial charge is 0.460 e. The molecule has 0 fully saturated rings. The van der Waals surface area contributed by atoms with Gasteiger partial charge >= 0.3 is 5.97 Å². The first-order valence-electron chi connectivity index (χ1n) is 8.02. The van der Waals surface area contributed by atoms with Crippen molar-refractivity contribution in [3.63, 3.8) is 0 Å². The number of carbonyl (C=O) groups excluding carboxylic acids is 2. The highest BCUT2D eigenvalue weighted by molar-refractivity contribution is 6.03. The van der Waals surface area contributed by atoms with E-state index in [9.17, 15) is 19.7 Å². The van der Waals surface area contributed by atoms with E-state index in [1.165, 1.54) is 30.4 Å². The predicted octanol–water partition coefficient (Wildman–Crippen LogP) is 3.93. The van der Waals surface area contributed by atoms with Crippen LogP contribution in [0, 0.1) is 24.0 Å². The molecule has 0 bridgehead atoms. The number of non-ortho nitro benzene ring substituents is 1. The van der Waals surface area contributed by atoms with Crippen molar-refractivity contribution in [2.75, 3.05) is 0 Å². The van der Waals surface area contributed by atoms with E-state index in [0.717, 1.165) is 16.7 Å². The molecule has 0 aromatic heterocycles. The minimum absolute atomic E-state index is 0.0626. The Hall–Kier alpha value is -3.28. The molecular weight excluding hydrogens is 334 g/mol. The lowest BCUT2D eigenvalue weighted by Crippen LogP contribution is -2.09. The van der Waals surface area contributed by atoms with Crippen LogP contribution in [0.5, 0.6) is 0 Å². The van der Waals surface area contributed by atoms with Gasteiger partial charge in [0.15, 0.2) is 5.78 Å². The average molecular weight is 353 g/mol. The molecule has 0 spiro atoms. The van der Waals surface area contributed by atoms with E-state index in [1.54, 1.807) is 6.07 Å². The normalized spacial score (nSPS) is 10.7. The predicted molar refractivity (Wildman–Crippen MR) is 97.5 cm³/mol. The first-order chi connectivity index (χ1) is 12.3. The summed E-state index contributed by atoms with van der Waals surface area (Å²) >= 11 is 0. The Bertz CT molecular complexity index is 870. The molecular formula is C20H19NO5. The van der Waals surface area contributed by atoms with Gasteiger partial charge in [0.25, 0.3) is 5.69 Å². The Labute approximate surface area is 151 Å². The molecule has 6 heteroatoms. The highest BCUT2D eigenvalue weighted by Gasteiger charge is 2.09. The third-order valence-corrected chi connectivity index (χ3v) is 3.83. The second-order valence-corrected chi connectivity index (χ2v) is 5.91. The van der Waals surface area contributed by atoms with Gasteiger partial charge in [-0.1, -0.05) is 36.4 Å². The number of hydrogen-bond donors (Lipinski definition) is 0. The lowest BCUT2D eigenvalue weighted by molar-refractivity contribution is -0.384. The van der Waals surface area contributed by atoms with Crippen molar-refractivity contribution >= 4 is 23.5 Å². The molecule has 0 atom stereocenters. The second kappa shape index (κ2) is 8.71. The molecule has 0 amide bonds. The molecule has 0 unspecified atom stereocenters. The quantitative estimate of drug-likeness (QED) is 0.247. The average Bonchev–Trinajstić information content (AvgIpc) is 2.61. The van der Waals surface area contributed by atoms with Crippen LogP contribution in [-0.2, 0) is 20.9 Å². The van der Waals surface area contributed by atoms with Gasteiger partial charge in [-0.15, -0.1) is 0 Å². The smallest absolute Gasteiger partial charge is 0.314 e. The summed E-state index contributed by atoms with van der Waals surface area (Å²) in [7, 11) is 0. The lowest BCUT2D eigenvalue weighted by Gasteiger charge is -2.06. The lowest BCUT2D eigenvalue weighted by atomic mass is 10.1. The number of hydrogen-bond acceptors (Lipinski definition) is 5. The molecule has 0 radical (unpaired) electrons. The Morgan fingerprint density at radius 1 is 1.12 bits per heavy atom. The van der Waals surface area contributed by atoms with Gasteiger partial charge in [0, 0.05) is 12.1 Å². The Kier molecular flexibility index (Phi) is 6.38. The van der Waals surface area contributed by atoms with E-state index in [0.29, 0.717) is 5.56 Å². The summed E-state index contributed by atoms with van der Waals surface area (Å²) in [4.78, 5) is 33.8. The van der Waals surface area contributed by atoms with Crippen molar-refractivity contribution in [2.24, 2.45) is 0 Å². The number of ether oxygens (including phenoxy) is 1. The van der Waals surface area contributed by atoms with Gasteiger partial charge in [-0.3, -0.25) is 19.7 Å². The van der Waals surface area contributed by atoms with Crippen molar-refractivity contribution in [2.45, 2.75) is 26.9 Å². The van der Waals surface area contributed by atoms with Gasteiger partial charge in [-0.05, 0) is 42.2 Å². The van der Waals surface area contributed by atoms with Gasteiger partial charge in [-0.25, -0.2) is 0 Å². The van der Waals surface area contributed by atoms with E-state index in [2.05, 4.69) is 0 Å². The second-order valence-electron chi connectivity index (χ2n) is 5.91. The van der Waals surface area contributed by atoms with Crippen molar-refractivity contribution in [3.05, 3.63) is 80.9 Å². The number of nitro benzene ring substituents is 1. The van der Waals surface area contributed by atoms with Crippen molar-refractivity contribution in [1.29, 1.82) is 0 Å². The van der Waals surface area contributed by atoms with Gasteiger partial charge in [0.05, 0.1) is 4.92 Å². The summed E-state index contributed by atoms with van der Waals surface area (Å²) < 4.78 is 5.11. The molecule has 0 aliphatic heterocycles. The fourth-order valence-electron chi connectivity index (χ4n) is 2.24. The zero-order valence-electron chi connectivity index (χ0n) is 14.6. The molecule has 0 saturated heterocycles. The molecule has 2 aromatic carbocycles. The maximum atomic E-state index is 11.8. The summed E-state index contributed by atoms with van der Waals surface area (Å²) in [5.41, 5.74) is 3.57. The van der Waals surface area contributed by atoms with E-state index < -0.39 is 16.7 Å². The van der Waals surface area contributed by atoms with E-state index in [4.69, 9.17) is 4.74 Å². The molecule has 26 heavy (non-hydrogen) atoms. The van der Waals surface area contributed by atoms with Crippen LogP contribution in [0.1, 0.15) is 28.7 Å². The van der Waals surface area contributed by atoms with E-state index in [-0.39, 0.29) is 18.7 Å². The Morgan fingerprint density at radius 3 is 2.58 bits per heavy atom. The summed E-state index contributed by atoms with van der Waals surface area (Å²) in [5.74, 6) is -1.04. The fraction of sp³-hybridized carbons (Fsp3) is 0.200. The van der Waals surface area contributed by atoms with Crippen LogP contribution in [0.4, 0.5) is 5.69 Å². The van der Waals surface area contributed by atoms with Gasteiger partial charge < -0.3 is 4.74 Å². The topological polar surface area (TPSA) is 86.5 Å². The third kappa shape index (κ3) is 5.66. The number of rotatable bonds is 7. The zero-order chi connectivity index (χ0) is 19.1. The van der Waals surface area contributed by atoms with Crippen LogP contribution >= 0.6 is 0 Å². The zero-order valence-corrected chi connectivity index (χ0v) is 14.6. The molecule has 0 aliphatic carbocycles. The molecule has 0 heterocycles. The standard InChI is InChI=1S/C20H19NO5/c1-14-6-7-17(10-15(14)2)13-26-20(23)12-19(22)9-8-16-4-3-5-18(11-16)21(24)25/h3-11H,12-13H2,1-2H3. The number of carbonyl (C=O) groups is 2. The molecule has 0 aliphatic rings. The number of nitro groups is 1.